The first-order valence-electron chi connectivity index (χ1n) is 4.59. The van der Waals surface area contributed by atoms with Crippen molar-refractivity contribution in [2.45, 2.75) is 11.8 Å². The highest BCUT2D eigenvalue weighted by atomic mass is 16.9. The van der Waals surface area contributed by atoms with Crippen molar-refractivity contribution in [1.29, 1.82) is 0 Å². The van der Waals surface area contributed by atoms with E-state index in [9.17, 15) is 5.11 Å². The van der Waals surface area contributed by atoms with Gasteiger partial charge in [0, 0.05) is 12.7 Å². The van der Waals surface area contributed by atoms with Crippen molar-refractivity contribution < 1.29 is 29.5 Å². The zero-order valence-electron chi connectivity index (χ0n) is 8.58. The Morgan fingerprint density at radius 2 is 2.00 bits per heavy atom. The van der Waals surface area contributed by atoms with Gasteiger partial charge in [-0.05, 0) is 12.1 Å². The van der Waals surface area contributed by atoms with Crippen molar-refractivity contribution in [3.05, 3.63) is 29.8 Å². The summed E-state index contributed by atoms with van der Waals surface area (Å²) in [6.07, 6.45) is 0. The Labute approximate surface area is 91.6 Å². The zero-order chi connectivity index (χ0) is 11.8. The molecule has 0 radical (unpaired) electrons. The Morgan fingerprint density at radius 3 is 2.56 bits per heavy atom. The lowest BCUT2D eigenvalue weighted by atomic mass is 10.1. The molecule has 2 rings (SSSR count). The van der Waals surface area contributed by atoms with Crippen LogP contribution in [0.4, 0.5) is 0 Å². The lowest BCUT2D eigenvalue weighted by Crippen LogP contribution is -2.22. The summed E-state index contributed by atoms with van der Waals surface area (Å²) >= 11 is 0. The van der Waals surface area contributed by atoms with Gasteiger partial charge in [0.2, 0.25) is 0 Å². The molecule has 0 saturated carbocycles. The monoisotopic (exact) mass is 228 g/mol. The van der Waals surface area contributed by atoms with E-state index < -0.39 is 11.8 Å². The maximum Gasteiger partial charge on any atom is 0.343 e. The van der Waals surface area contributed by atoms with E-state index in [4.69, 9.17) is 19.7 Å². The minimum absolute atomic E-state index is 0.0616. The molecule has 0 bridgehead atoms. The highest BCUT2D eigenvalue weighted by Crippen LogP contribution is 2.50. The largest absolute Gasteiger partial charge is 0.468 e. The zero-order valence-corrected chi connectivity index (χ0v) is 8.58. The second-order valence-electron chi connectivity index (χ2n) is 3.43. The molecule has 1 heterocycles. The van der Waals surface area contributed by atoms with E-state index in [0.29, 0.717) is 5.75 Å². The molecule has 6 heteroatoms. The van der Waals surface area contributed by atoms with Crippen molar-refractivity contribution in [2.24, 2.45) is 0 Å². The number of benzene rings is 1. The first-order valence-corrected chi connectivity index (χ1v) is 4.59. The van der Waals surface area contributed by atoms with Gasteiger partial charge in [-0.25, -0.2) is 0 Å². The first-order chi connectivity index (χ1) is 7.49. The van der Waals surface area contributed by atoms with Crippen molar-refractivity contribution in [1.82, 2.24) is 0 Å². The lowest BCUT2D eigenvalue weighted by molar-refractivity contribution is -0.161. The third-order valence-corrected chi connectivity index (χ3v) is 2.26. The number of epoxide rings is 1. The molecule has 1 aliphatic heterocycles. The van der Waals surface area contributed by atoms with Crippen LogP contribution in [0, 0.1) is 0 Å². The summed E-state index contributed by atoms with van der Waals surface area (Å²) in [7, 11) is 1.48. The van der Waals surface area contributed by atoms with Crippen molar-refractivity contribution in [3.8, 4) is 5.75 Å². The fourth-order valence-electron chi connectivity index (χ4n) is 1.35. The molecule has 1 atom stereocenters. The van der Waals surface area contributed by atoms with E-state index in [1.165, 1.54) is 19.2 Å². The highest BCUT2D eigenvalue weighted by molar-refractivity contribution is 5.34. The van der Waals surface area contributed by atoms with Crippen LogP contribution in [0.15, 0.2) is 24.3 Å². The normalized spacial score (nSPS) is 26.5. The van der Waals surface area contributed by atoms with Gasteiger partial charge in [0.25, 0.3) is 5.79 Å². The maximum absolute atomic E-state index is 9.67. The van der Waals surface area contributed by atoms with E-state index in [0.717, 1.165) is 0 Å². The quantitative estimate of drug-likeness (QED) is 0.474. The molecular weight excluding hydrogens is 216 g/mol. The van der Waals surface area contributed by atoms with Crippen LogP contribution >= 0.6 is 0 Å². The Bertz CT molecular complexity index is 391. The average molecular weight is 228 g/mol. The van der Waals surface area contributed by atoms with E-state index in [1.807, 2.05) is 0 Å². The van der Waals surface area contributed by atoms with Gasteiger partial charge in [0.05, 0.1) is 0 Å². The standard InChI is InChI=1S/C10H12O6/c1-14-6-15-8-4-2-3-7(5-8)9(11)10(12,13)16-9/h2-5,11-13H,6H2,1H3. The van der Waals surface area contributed by atoms with Crippen molar-refractivity contribution >= 4 is 0 Å². The van der Waals surface area contributed by atoms with Crippen LogP contribution in [0.3, 0.4) is 0 Å². The molecule has 6 nitrogen and oxygen atoms in total. The molecule has 1 aromatic carbocycles. The summed E-state index contributed by atoms with van der Waals surface area (Å²) in [6, 6.07) is 6.17. The minimum atomic E-state index is -2.53. The summed E-state index contributed by atoms with van der Waals surface area (Å²) in [5.41, 5.74) is 0.200. The average Bonchev–Trinajstić information content (AvgIpc) is 2.77. The van der Waals surface area contributed by atoms with Crippen LogP contribution in [-0.4, -0.2) is 35.2 Å². The number of methoxy groups -OCH3 is 1. The molecule has 1 aromatic rings. The number of hydrogen-bond acceptors (Lipinski definition) is 6. The predicted molar refractivity (Wildman–Crippen MR) is 51.1 cm³/mol. The minimum Gasteiger partial charge on any atom is -0.468 e. The van der Waals surface area contributed by atoms with Crippen LogP contribution < -0.4 is 4.74 Å². The summed E-state index contributed by atoms with van der Waals surface area (Å²) in [6.45, 7) is 0.0616. The molecule has 1 aliphatic rings. The number of hydrogen-bond donors (Lipinski definition) is 3. The van der Waals surface area contributed by atoms with Gasteiger partial charge in [-0.1, -0.05) is 12.1 Å². The third kappa shape index (κ3) is 1.77. The van der Waals surface area contributed by atoms with E-state index in [2.05, 4.69) is 4.74 Å². The van der Waals surface area contributed by atoms with E-state index in [-0.39, 0.29) is 12.4 Å². The molecular formula is C10H12O6. The summed E-state index contributed by atoms with van der Waals surface area (Å²) in [5, 5.41) is 27.8. The molecule has 16 heavy (non-hydrogen) atoms. The molecule has 1 fully saturated rings. The van der Waals surface area contributed by atoms with Crippen LogP contribution in [-0.2, 0) is 15.3 Å². The Balaban J connectivity index is 2.17. The summed E-state index contributed by atoms with van der Waals surface area (Å²) in [4.78, 5) is 0. The Morgan fingerprint density at radius 1 is 1.31 bits per heavy atom. The van der Waals surface area contributed by atoms with Gasteiger partial charge < -0.3 is 24.8 Å². The number of rotatable bonds is 4. The second kappa shape index (κ2) is 3.69. The molecule has 1 unspecified atom stereocenters. The number of aliphatic hydroxyl groups is 3. The van der Waals surface area contributed by atoms with Gasteiger partial charge in [0.15, 0.2) is 6.79 Å². The van der Waals surface area contributed by atoms with Crippen LogP contribution in [0.1, 0.15) is 5.56 Å². The summed E-state index contributed by atoms with van der Waals surface area (Å²) < 4.78 is 14.3. The molecule has 0 aliphatic carbocycles. The lowest BCUT2D eigenvalue weighted by Gasteiger charge is -2.09. The molecule has 0 spiro atoms. The van der Waals surface area contributed by atoms with Crippen molar-refractivity contribution in [2.75, 3.05) is 13.9 Å². The Hall–Kier alpha value is -1.18. The summed E-state index contributed by atoms with van der Waals surface area (Å²) in [5.74, 6) is -4.19. The second-order valence-corrected chi connectivity index (χ2v) is 3.43. The Kier molecular flexibility index (Phi) is 2.61. The molecule has 0 amide bonds. The molecule has 3 N–H and O–H groups in total. The van der Waals surface area contributed by atoms with Gasteiger partial charge in [-0.15, -0.1) is 0 Å². The van der Waals surface area contributed by atoms with Gasteiger partial charge in [-0.3, -0.25) is 4.74 Å². The molecule has 0 aromatic heterocycles. The maximum atomic E-state index is 9.67. The van der Waals surface area contributed by atoms with E-state index in [1.54, 1.807) is 12.1 Å². The highest BCUT2D eigenvalue weighted by Gasteiger charge is 2.71. The van der Waals surface area contributed by atoms with Crippen LogP contribution in [0.25, 0.3) is 0 Å². The van der Waals surface area contributed by atoms with Gasteiger partial charge >= 0.3 is 5.97 Å². The SMILES string of the molecule is COCOc1cccc(C2(O)OC2(O)O)c1. The fraction of sp³-hybridized carbons (Fsp3) is 0.400. The predicted octanol–water partition coefficient (Wildman–Crippen LogP) is -0.517. The number of ether oxygens (including phenoxy) is 3. The van der Waals surface area contributed by atoms with Crippen LogP contribution in [0.5, 0.6) is 5.75 Å². The van der Waals surface area contributed by atoms with Gasteiger partial charge in [-0.2, -0.15) is 0 Å². The van der Waals surface area contributed by atoms with Crippen molar-refractivity contribution in [3.63, 3.8) is 0 Å². The molecule has 1 saturated heterocycles. The fourth-order valence-corrected chi connectivity index (χ4v) is 1.35. The van der Waals surface area contributed by atoms with Crippen LogP contribution in [0.2, 0.25) is 0 Å². The van der Waals surface area contributed by atoms with Gasteiger partial charge in [0.1, 0.15) is 5.75 Å². The topological polar surface area (TPSA) is 91.7 Å². The third-order valence-electron chi connectivity index (χ3n) is 2.26. The van der Waals surface area contributed by atoms with E-state index >= 15 is 0 Å². The molecule has 88 valence electrons. The smallest absolute Gasteiger partial charge is 0.343 e. The first kappa shape index (κ1) is 11.3.